The van der Waals surface area contributed by atoms with Crippen LogP contribution in [0.1, 0.15) is 66.7 Å². The molecule has 0 aliphatic carbocycles. The second kappa shape index (κ2) is 7.00. The van der Waals surface area contributed by atoms with Gasteiger partial charge in [-0.3, -0.25) is 4.79 Å². The lowest BCUT2D eigenvalue weighted by Gasteiger charge is -2.29. The maximum atomic E-state index is 10.7. The fourth-order valence-corrected chi connectivity index (χ4v) is 1.87. The molecule has 3 nitrogen and oxygen atoms in total. The average molecular weight is 244 g/mol. The van der Waals surface area contributed by atoms with Crippen LogP contribution in [-0.2, 0) is 9.53 Å². The zero-order valence-electron chi connectivity index (χ0n) is 12.0. The van der Waals surface area contributed by atoms with Gasteiger partial charge >= 0.3 is 5.97 Å². The predicted molar refractivity (Wildman–Crippen MR) is 69.8 cm³/mol. The van der Waals surface area contributed by atoms with E-state index in [0.29, 0.717) is 6.61 Å². The molecule has 102 valence electrons. The number of rotatable bonds is 8. The molecule has 0 amide bonds. The summed E-state index contributed by atoms with van der Waals surface area (Å²) in [7, 11) is 0. The zero-order chi connectivity index (χ0) is 13.5. The molecule has 0 rings (SSSR count). The lowest BCUT2D eigenvalue weighted by atomic mass is 9.79. The highest BCUT2D eigenvalue weighted by Crippen LogP contribution is 2.33. The van der Waals surface area contributed by atoms with E-state index in [4.69, 9.17) is 4.74 Å². The van der Waals surface area contributed by atoms with Crippen molar-refractivity contribution in [1.82, 2.24) is 0 Å². The van der Waals surface area contributed by atoms with E-state index < -0.39 is 5.60 Å². The molecule has 0 spiro atoms. The average Bonchev–Trinajstić information content (AvgIpc) is 2.15. The standard InChI is InChI=1S/C14H28O3/c1-6-14(5,10-11-17-12(2)15)9-7-8-13(3,4)16/h16H,6-11H2,1-5H3. The summed E-state index contributed by atoms with van der Waals surface area (Å²) in [5, 5.41) is 9.67. The summed E-state index contributed by atoms with van der Waals surface area (Å²) in [5.74, 6) is -0.208. The third-order valence-electron chi connectivity index (χ3n) is 3.43. The number of hydrogen-bond acceptors (Lipinski definition) is 3. The quantitative estimate of drug-likeness (QED) is 0.666. The molecule has 1 atom stereocenters. The molecule has 1 N–H and O–H groups in total. The molecule has 0 saturated carbocycles. The summed E-state index contributed by atoms with van der Waals surface area (Å²) in [6.07, 6.45) is 4.86. The fourth-order valence-electron chi connectivity index (χ4n) is 1.87. The molecule has 0 heterocycles. The molecule has 0 radical (unpaired) electrons. The van der Waals surface area contributed by atoms with Crippen LogP contribution in [0.5, 0.6) is 0 Å². The Morgan fingerprint density at radius 3 is 2.18 bits per heavy atom. The molecular weight excluding hydrogens is 216 g/mol. The highest BCUT2D eigenvalue weighted by Gasteiger charge is 2.23. The predicted octanol–water partition coefficient (Wildman–Crippen LogP) is 3.30. The summed E-state index contributed by atoms with van der Waals surface area (Å²) in [6, 6.07) is 0. The van der Waals surface area contributed by atoms with E-state index in [2.05, 4.69) is 13.8 Å². The molecule has 0 aromatic carbocycles. The number of carbonyl (C=O) groups is 1. The van der Waals surface area contributed by atoms with Crippen LogP contribution >= 0.6 is 0 Å². The van der Waals surface area contributed by atoms with Gasteiger partial charge in [0, 0.05) is 6.92 Å². The highest BCUT2D eigenvalue weighted by atomic mass is 16.5. The molecule has 3 heteroatoms. The number of esters is 1. The second-order valence-corrected chi connectivity index (χ2v) is 5.92. The minimum Gasteiger partial charge on any atom is -0.466 e. The molecule has 0 aliphatic heterocycles. The lowest BCUT2D eigenvalue weighted by Crippen LogP contribution is -2.22. The van der Waals surface area contributed by atoms with Gasteiger partial charge in [0.1, 0.15) is 0 Å². The molecular formula is C14H28O3. The van der Waals surface area contributed by atoms with Crippen LogP contribution in [0.2, 0.25) is 0 Å². The monoisotopic (exact) mass is 244 g/mol. The number of ether oxygens (including phenoxy) is 1. The van der Waals surface area contributed by atoms with Gasteiger partial charge in [-0.1, -0.05) is 26.7 Å². The molecule has 0 aliphatic rings. The first kappa shape index (κ1) is 16.4. The molecule has 0 aromatic rings. The van der Waals surface area contributed by atoms with Crippen LogP contribution in [-0.4, -0.2) is 23.3 Å². The van der Waals surface area contributed by atoms with E-state index in [1.165, 1.54) is 6.92 Å². The van der Waals surface area contributed by atoms with E-state index in [1.54, 1.807) is 0 Å². The smallest absolute Gasteiger partial charge is 0.302 e. The van der Waals surface area contributed by atoms with Gasteiger partial charge in [0.05, 0.1) is 12.2 Å². The minimum atomic E-state index is -0.579. The van der Waals surface area contributed by atoms with Crippen LogP contribution in [0, 0.1) is 5.41 Å². The van der Waals surface area contributed by atoms with Gasteiger partial charge in [-0.2, -0.15) is 0 Å². The molecule has 0 aromatic heterocycles. The number of hydrogen-bond donors (Lipinski definition) is 1. The molecule has 0 saturated heterocycles. The largest absolute Gasteiger partial charge is 0.466 e. The van der Waals surface area contributed by atoms with Crippen molar-refractivity contribution in [3.05, 3.63) is 0 Å². The Bertz CT molecular complexity index is 230. The van der Waals surface area contributed by atoms with Crippen LogP contribution in [0.15, 0.2) is 0 Å². The SMILES string of the molecule is CCC(C)(CCCC(C)(C)O)CCOC(C)=O. The van der Waals surface area contributed by atoms with Crippen molar-refractivity contribution in [1.29, 1.82) is 0 Å². The molecule has 0 fully saturated rings. The Morgan fingerprint density at radius 1 is 1.18 bits per heavy atom. The van der Waals surface area contributed by atoms with E-state index >= 15 is 0 Å². The lowest BCUT2D eigenvalue weighted by molar-refractivity contribution is -0.141. The van der Waals surface area contributed by atoms with Crippen molar-refractivity contribution in [3.8, 4) is 0 Å². The van der Waals surface area contributed by atoms with Gasteiger partial charge in [-0.05, 0) is 38.5 Å². The van der Waals surface area contributed by atoms with E-state index in [0.717, 1.165) is 32.1 Å². The van der Waals surface area contributed by atoms with Crippen molar-refractivity contribution >= 4 is 5.97 Å². The highest BCUT2D eigenvalue weighted by molar-refractivity contribution is 5.65. The van der Waals surface area contributed by atoms with Crippen molar-refractivity contribution < 1.29 is 14.6 Å². The Labute approximate surface area is 106 Å². The zero-order valence-corrected chi connectivity index (χ0v) is 12.0. The van der Waals surface area contributed by atoms with Crippen LogP contribution in [0.3, 0.4) is 0 Å². The van der Waals surface area contributed by atoms with Crippen molar-refractivity contribution in [2.75, 3.05) is 6.61 Å². The van der Waals surface area contributed by atoms with Crippen molar-refractivity contribution in [3.63, 3.8) is 0 Å². The summed E-state index contributed by atoms with van der Waals surface area (Å²) < 4.78 is 5.00. The number of aliphatic hydroxyl groups is 1. The van der Waals surface area contributed by atoms with Gasteiger partial charge < -0.3 is 9.84 Å². The summed E-state index contributed by atoms with van der Waals surface area (Å²) in [5.41, 5.74) is -0.370. The molecule has 0 bridgehead atoms. The van der Waals surface area contributed by atoms with Gasteiger partial charge in [0.15, 0.2) is 0 Å². The summed E-state index contributed by atoms with van der Waals surface area (Å²) in [6.45, 7) is 10.0. The Kier molecular flexibility index (Phi) is 6.76. The van der Waals surface area contributed by atoms with Crippen molar-refractivity contribution in [2.45, 2.75) is 72.3 Å². The van der Waals surface area contributed by atoms with Gasteiger partial charge in [-0.25, -0.2) is 0 Å². The third-order valence-corrected chi connectivity index (χ3v) is 3.43. The van der Waals surface area contributed by atoms with Gasteiger partial charge in [0.25, 0.3) is 0 Å². The normalized spacial score (nSPS) is 15.4. The molecule has 1 unspecified atom stereocenters. The van der Waals surface area contributed by atoms with Crippen molar-refractivity contribution in [2.24, 2.45) is 5.41 Å². The Morgan fingerprint density at radius 2 is 1.76 bits per heavy atom. The Balaban J connectivity index is 3.97. The topological polar surface area (TPSA) is 46.5 Å². The first-order valence-corrected chi connectivity index (χ1v) is 6.54. The maximum absolute atomic E-state index is 10.7. The summed E-state index contributed by atoms with van der Waals surface area (Å²) in [4.78, 5) is 10.7. The van der Waals surface area contributed by atoms with Crippen LogP contribution in [0.4, 0.5) is 0 Å². The van der Waals surface area contributed by atoms with E-state index in [1.807, 2.05) is 13.8 Å². The van der Waals surface area contributed by atoms with E-state index in [9.17, 15) is 9.90 Å². The van der Waals surface area contributed by atoms with Gasteiger partial charge in [0.2, 0.25) is 0 Å². The fraction of sp³-hybridized carbons (Fsp3) is 0.929. The first-order chi connectivity index (χ1) is 7.68. The third kappa shape index (κ3) is 9.16. The maximum Gasteiger partial charge on any atom is 0.302 e. The second-order valence-electron chi connectivity index (χ2n) is 5.92. The van der Waals surface area contributed by atoms with Crippen LogP contribution in [0.25, 0.3) is 0 Å². The number of carbonyl (C=O) groups excluding carboxylic acids is 1. The van der Waals surface area contributed by atoms with Crippen LogP contribution < -0.4 is 0 Å². The van der Waals surface area contributed by atoms with E-state index in [-0.39, 0.29) is 11.4 Å². The molecule has 17 heavy (non-hydrogen) atoms. The first-order valence-electron chi connectivity index (χ1n) is 6.54. The minimum absolute atomic E-state index is 0.208. The Hall–Kier alpha value is -0.570. The van der Waals surface area contributed by atoms with Gasteiger partial charge in [-0.15, -0.1) is 0 Å². The summed E-state index contributed by atoms with van der Waals surface area (Å²) >= 11 is 0.